The summed E-state index contributed by atoms with van der Waals surface area (Å²) in [6, 6.07) is 8.61. The quantitative estimate of drug-likeness (QED) is 0.923. The summed E-state index contributed by atoms with van der Waals surface area (Å²) in [5.74, 6) is 1.18. The minimum absolute atomic E-state index is 0.0180. The molecule has 114 valence electrons. The molecule has 0 spiro atoms. The average Bonchev–Trinajstić information content (AvgIpc) is 2.55. The molecule has 2 aliphatic heterocycles. The zero-order valence-electron chi connectivity index (χ0n) is 12.7. The lowest BCUT2D eigenvalue weighted by atomic mass is 9.94. The summed E-state index contributed by atoms with van der Waals surface area (Å²) in [5, 5.41) is 3.47. The van der Waals surface area contributed by atoms with Crippen molar-refractivity contribution >= 4 is 5.91 Å². The maximum Gasteiger partial charge on any atom is 0.229 e. The van der Waals surface area contributed by atoms with Gasteiger partial charge in [-0.25, -0.2) is 0 Å². The van der Waals surface area contributed by atoms with Crippen LogP contribution in [-0.2, 0) is 11.2 Å². The molecule has 1 atom stereocenters. The lowest BCUT2D eigenvalue weighted by Gasteiger charge is -2.35. The molecule has 0 aliphatic carbocycles. The highest BCUT2D eigenvalue weighted by atomic mass is 16.5. The predicted molar refractivity (Wildman–Crippen MR) is 82.4 cm³/mol. The molecular formula is C17H24N2O2. The molecular weight excluding hydrogens is 264 g/mol. The Bertz CT molecular complexity index is 495. The van der Waals surface area contributed by atoms with E-state index in [0.29, 0.717) is 12.6 Å². The molecule has 2 heterocycles. The van der Waals surface area contributed by atoms with E-state index in [0.717, 1.165) is 50.2 Å². The molecule has 0 radical (unpaired) electrons. The monoisotopic (exact) mass is 288 g/mol. The first kappa shape index (κ1) is 14.4. The highest BCUT2D eigenvalue weighted by Gasteiger charge is 2.31. The molecule has 0 bridgehead atoms. The highest BCUT2D eigenvalue weighted by molar-refractivity contribution is 5.80. The van der Waals surface area contributed by atoms with Crippen molar-refractivity contribution in [3.63, 3.8) is 0 Å². The average molecular weight is 288 g/mol. The van der Waals surface area contributed by atoms with Gasteiger partial charge in [0.1, 0.15) is 12.4 Å². The van der Waals surface area contributed by atoms with Crippen molar-refractivity contribution in [2.24, 2.45) is 5.92 Å². The van der Waals surface area contributed by atoms with Crippen LogP contribution >= 0.6 is 0 Å². The third-order valence-electron chi connectivity index (χ3n) is 4.53. The van der Waals surface area contributed by atoms with E-state index >= 15 is 0 Å². The number of nitrogens with one attached hydrogen (secondary N) is 1. The van der Waals surface area contributed by atoms with Crippen LogP contribution in [0.1, 0.15) is 25.3 Å². The third-order valence-corrected chi connectivity index (χ3v) is 4.53. The van der Waals surface area contributed by atoms with E-state index in [9.17, 15) is 4.79 Å². The van der Waals surface area contributed by atoms with Crippen LogP contribution in [0.25, 0.3) is 0 Å². The molecule has 4 nitrogen and oxygen atoms in total. The first-order valence-electron chi connectivity index (χ1n) is 8.00. The second kappa shape index (κ2) is 6.48. The van der Waals surface area contributed by atoms with Crippen molar-refractivity contribution in [2.45, 2.75) is 32.2 Å². The molecule has 0 saturated carbocycles. The molecule has 1 aromatic rings. The van der Waals surface area contributed by atoms with Gasteiger partial charge in [0.25, 0.3) is 0 Å². The van der Waals surface area contributed by atoms with Crippen molar-refractivity contribution in [3.8, 4) is 5.75 Å². The number of para-hydroxylation sites is 1. The van der Waals surface area contributed by atoms with Crippen LogP contribution in [0.4, 0.5) is 0 Å². The Morgan fingerprint density at radius 1 is 1.33 bits per heavy atom. The van der Waals surface area contributed by atoms with Crippen molar-refractivity contribution in [1.29, 1.82) is 0 Å². The molecule has 2 aliphatic rings. The summed E-state index contributed by atoms with van der Waals surface area (Å²) >= 11 is 0. The zero-order valence-corrected chi connectivity index (χ0v) is 12.7. The Kier molecular flexibility index (Phi) is 4.44. The summed E-state index contributed by atoms with van der Waals surface area (Å²) in [7, 11) is 0. The Morgan fingerprint density at radius 3 is 2.86 bits per heavy atom. The number of rotatable bonds is 3. The zero-order chi connectivity index (χ0) is 14.7. The van der Waals surface area contributed by atoms with E-state index in [1.807, 2.05) is 23.1 Å². The van der Waals surface area contributed by atoms with Crippen molar-refractivity contribution in [1.82, 2.24) is 10.2 Å². The fourth-order valence-electron chi connectivity index (χ4n) is 3.34. The molecule has 21 heavy (non-hydrogen) atoms. The molecule has 3 rings (SSSR count). The number of nitrogens with zero attached hydrogens (tertiary/aromatic N) is 1. The van der Waals surface area contributed by atoms with E-state index in [2.05, 4.69) is 18.3 Å². The number of amides is 1. The second-order valence-corrected chi connectivity index (χ2v) is 5.98. The lowest BCUT2D eigenvalue weighted by molar-refractivity contribution is -0.138. The number of likely N-dealkylation sites (tertiary alicyclic amines) is 1. The van der Waals surface area contributed by atoms with Gasteiger partial charge in [-0.3, -0.25) is 4.79 Å². The van der Waals surface area contributed by atoms with E-state index in [1.54, 1.807) is 0 Å². The SMILES string of the molecule is CCNC1CCN(C(=O)C2COc3ccccc3C2)CC1. The fourth-order valence-corrected chi connectivity index (χ4v) is 3.34. The van der Waals surface area contributed by atoms with Gasteiger partial charge in [0.2, 0.25) is 5.91 Å². The lowest BCUT2D eigenvalue weighted by Crippen LogP contribution is -2.48. The summed E-state index contributed by atoms with van der Waals surface area (Å²) in [4.78, 5) is 14.7. The predicted octanol–water partition coefficient (Wildman–Crippen LogP) is 1.84. The molecule has 1 N–H and O–H groups in total. The number of carbonyl (C=O) groups is 1. The van der Waals surface area contributed by atoms with Gasteiger partial charge in [0, 0.05) is 19.1 Å². The van der Waals surface area contributed by atoms with Crippen molar-refractivity contribution in [2.75, 3.05) is 26.2 Å². The smallest absolute Gasteiger partial charge is 0.229 e. The molecule has 4 heteroatoms. The molecule has 1 fully saturated rings. The maximum absolute atomic E-state index is 12.7. The van der Waals surface area contributed by atoms with E-state index in [1.165, 1.54) is 0 Å². The number of hydrogen-bond donors (Lipinski definition) is 1. The molecule has 1 unspecified atom stereocenters. The minimum Gasteiger partial charge on any atom is -0.492 e. The number of benzene rings is 1. The van der Waals surface area contributed by atoms with Crippen LogP contribution in [0.3, 0.4) is 0 Å². The number of piperidine rings is 1. The third kappa shape index (κ3) is 3.21. The van der Waals surface area contributed by atoms with Crippen LogP contribution < -0.4 is 10.1 Å². The Labute approximate surface area is 126 Å². The first-order chi connectivity index (χ1) is 10.3. The number of fused-ring (bicyclic) bond motifs is 1. The van der Waals surface area contributed by atoms with E-state index < -0.39 is 0 Å². The van der Waals surface area contributed by atoms with Crippen molar-refractivity contribution in [3.05, 3.63) is 29.8 Å². The standard InChI is InChI=1S/C17H24N2O2/c1-2-18-15-7-9-19(10-8-15)17(20)14-11-13-5-3-4-6-16(13)21-12-14/h3-6,14-15,18H,2,7-12H2,1H3. The van der Waals surface area contributed by atoms with Crippen LogP contribution in [0.5, 0.6) is 5.75 Å². The summed E-state index contributed by atoms with van der Waals surface area (Å²) in [6.45, 7) is 5.40. The van der Waals surface area contributed by atoms with Gasteiger partial charge in [-0.2, -0.15) is 0 Å². The van der Waals surface area contributed by atoms with Gasteiger partial charge in [-0.1, -0.05) is 25.1 Å². The van der Waals surface area contributed by atoms with Crippen LogP contribution in [0.15, 0.2) is 24.3 Å². The number of hydrogen-bond acceptors (Lipinski definition) is 3. The van der Waals surface area contributed by atoms with Crippen LogP contribution in [0.2, 0.25) is 0 Å². The summed E-state index contributed by atoms with van der Waals surface area (Å²) in [5.41, 5.74) is 1.16. The Morgan fingerprint density at radius 2 is 2.10 bits per heavy atom. The largest absolute Gasteiger partial charge is 0.492 e. The van der Waals surface area contributed by atoms with Gasteiger partial charge >= 0.3 is 0 Å². The Hall–Kier alpha value is -1.55. The normalized spacial score (nSPS) is 22.5. The van der Waals surface area contributed by atoms with Gasteiger partial charge in [0.15, 0.2) is 0 Å². The van der Waals surface area contributed by atoms with Crippen LogP contribution in [0, 0.1) is 5.92 Å². The minimum atomic E-state index is -0.0180. The molecule has 1 amide bonds. The van der Waals surface area contributed by atoms with Gasteiger partial charge < -0.3 is 15.0 Å². The van der Waals surface area contributed by atoms with Gasteiger partial charge in [-0.15, -0.1) is 0 Å². The van der Waals surface area contributed by atoms with Crippen LogP contribution in [-0.4, -0.2) is 43.1 Å². The first-order valence-corrected chi connectivity index (χ1v) is 8.00. The second-order valence-electron chi connectivity index (χ2n) is 5.98. The topological polar surface area (TPSA) is 41.6 Å². The van der Waals surface area contributed by atoms with Gasteiger partial charge in [0.05, 0.1) is 5.92 Å². The van der Waals surface area contributed by atoms with Crippen molar-refractivity contribution < 1.29 is 9.53 Å². The van der Waals surface area contributed by atoms with Gasteiger partial charge in [-0.05, 0) is 37.4 Å². The highest BCUT2D eigenvalue weighted by Crippen LogP contribution is 2.28. The maximum atomic E-state index is 12.7. The van der Waals surface area contributed by atoms with E-state index in [4.69, 9.17) is 4.74 Å². The fraction of sp³-hybridized carbons (Fsp3) is 0.588. The Balaban J connectivity index is 1.57. The number of carbonyl (C=O) groups excluding carboxylic acids is 1. The molecule has 1 aromatic carbocycles. The number of ether oxygens (including phenoxy) is 1. The molecule has 1 saturated heterocycles. The van der Waals surface area contributed by atoms with E-state index in [-0.39, 0.29) is 11.8 Å². The summed E-state index contributed by atoms with van der Waals surface area (Å²) in [6.07, 6.45) is 2.93. The summed E-state index contributed by atoms with van der Waals surface area (Å²) < 4.78 is 5.75. The molecule has 0 aromatic heterocycles.